The van der Waals surface area contributed by atoms with Crippen LogP contribution in [-0.2, 0) is 17.6 Å². The van der Waals surface area contributed by atoms with Gasteiger partial charge in [-0.05, 0) is 36.8 Å². The van der Waals surface area contributed by atoms with E-state index in [1.807, 2.05) is 30.3 Å². The normalized spacial score (nSPS) is 12.1. The van der Waals surface area contributed by atoms with Crippen molar-refractivity contribution in [3.63, 3.8) is 0 Å². The van der Waals surface area contributed by atoms with E-state index in [4.69, 9.17) is 4.84 Å². The van der Waals surface area contributed by atoms with E-state index in [0.717, 1.165) is 17.7 Å². The van der Waals surface area contributed by atoms with Crippen LogP contribution < -0.4 is 10.6 Å². The highest BCUT2D eigenvalue weighted by Gasteiger charge is 2.30. The molecular formula is C18H17F3N4O2. The Kier molecular flexibility index (Phi) is 6.93. The van der Waals surface area contributed by atoms with Gasteiger partial charge < -0.3 is 10.2 Å². The molecule has 2 aromatic carbocycles. The topological polar surface area (TPSA) is 75.1 Å². The molecule has 2 amide bonds. The van der Waals surface area contributed by atoms with Crippen LogP contribution in [0.15, 0.2) is 76.9 Å². The number of carbonyl (C=O) groups excluding carboxylic acids is 1. The summed E-state index contributed by atoms with van der Waals surface area (Å²) in [7, 11) is 0. The maximum atomic E-state index is 12.7. The lowest BCUT2D eigenvalue weighted by molar-refractivity contribution is -0.137. The van der Waals surface area contributed by atoms with Crippen molar-refractivity contribution >= 4 is 11.7 Å². The first-order chi connectivity index (χ1) is 12.9. The minimum absolute atomic E-state index is 0.0107. The lowest BCUT2D eigenvalue weighted by Crippen LogP contribution is -2.28. The summed E-state index contributed by atoms with van der Waals surface area (Å²) < 4.78 is 38.1. The second-order valence-electron chi connectivity index (χ2n) is 5.27. The third-order valence-corrected chi connectivity index (χ3v) is 3.24. The monoisotopic (exact) mass is 378 g/mol. The maximum absolute atomic E-state index is 12.7. The summed E-state index contributed by atoms with van der Waals surface area (Å²) >= 11 is 0. The van der Waals surface area contributed by atoms with E-state index in [1.54, 1.807) is 6.92 Å². The molecule has 2 aromatic rings. The first kappa shape index (κ1) is 20.0. The van der Waals surface area contributed by atoms with E-state index in [-0.39, 0.29) is 11.6 Å². The molecule has 2 N–H and O–H groups in total. The van der Waals surface area contributed by atoms with Crippen molar-refractivity contribution in [2.75, 3.05) is 5.32 Å². The zero-order valence-corrected chi connectivity index (χ0v) is 14.3. The van der Waals surface area contributed by atoms with Gasteiger partial charge in [-0.1, -0.05) is 36.4 Å². The molecule has 0 saturated heterocycles. The van der Waals surface area contributed by atoms with Gasteiger partial charge >= 0.3 is 12.2 Å². The molecule has 0 unspecified atom stereocenters. The van der Waals surface area contributed by atoms with E-state index in [0.29, 0.717) is 6.54 Å². The van der Waals surface area contributed by atoms with Crippen LogP contribution in [0.3, 0.4) is 0 Å². The average Bonchev–Trinajstić information content (AvgIpc) is 2.64. The summed E-state index contributed by atoms with van der Waals surface area (Å²) in [6, 6.07) is 12.8. The Hall–Kier alpha value is -3.36. The highest BCUT2D eigenvalue weighted by Crippen LogP contribution is 2.30. The Labute approximate surface area is 153 Å². The zero-order chi connectivity index (χ0) is 19.7. The van der Waals surface area contributed by atoms with Crippen LogP contribution >= 0.6 is 0 Å². The van der Waals surface area contributed by atoms with Crippen molar-refractivity contribution in [1.29, 1.82) is 0 Å². The van der Waals surface area contributed by atoms with Gasteiger partial charge in [-0.15, -0.1) is 5.11 Å². The predicted octanol–water partition coefficient (Wildman–Crippen LogP) is 5.27. The predicted molar refractivity (Wildman–Crippen MR) is 93.4 cm³/mol. The smallest absolute Gasteiger partial charge is 0.321 e. The quantitative estimate of drug-likeness (QED) is 0.408. The van der Waals surface area contributed by atoms with Crippen molar-refractivity contribution < 1.29 is 22.8 Å². The number of benzene rings is 2. The molecule has 0 radical (unpaired) electrons. The van der Waals surface area contributed by atoms with Gasteiger partial charge in [-0.2, -0.15) is 13.2 Å². The van der Waals surface area contributed by atoms with Crippen LogP contribution in [0.1, 0.15) is 18.1 Å². The van der Waals surface area contributed by atoms with Crippen LogP contribution in [0.5, 0.6) is 0 Å². The molecule has 9 heteroatoms. The van der Waals surface area contributed by atoms with Gasteiger partial charge in [-0.25, -0.2) is 4.79 Å². The van der Waals surface area contributed by atoms with Gasteiger partial charge in [0.1, 0.15) is 0 Å². The molecule has 0 aliphatic heterocycles. The lowest BCUT2D eigenvalue weighted by atomic mass is 10.2. The number of hydrogen-bond acceptors (Lipinski definition) is 4. The van der Waals surface area contributed by atoms with Crippen LogP contribution in [0.25, 0.3) is 0 Å². The number of halogens is 3. The Morgan fingerprint density at radius 1 is 1.15 bits per heavy atom. The fourth-order valence-corrected chi connectivity index (χ4v) is 1.96. The summed E-state index contributed by atoms with van der Waals surface area (Å²) in [5.41, 5.74) is 0.0585. The van der Waals surface area contributed by atoms with Crippen molar-refractivity contribution in [2.24, 2.45) is 10.4 Å². The Bertz CT molecular complexity index is 821. The fraction of sp³-hybridized carbons (Fsp3) is 0.167. The van der Waals surface area contributed by atoms with E-state index < -0.39 is 17.8 Å². The van der Waals surface area contributed by atoms with Crippen LogP contribution in [0.2, 0.25) is 0 Å². The average molecular weight is 378 g/mol. The molecule has 2 rings (SSSR count). The number of anilines is 1. The Morgan fingerprint density at radius 2 is 1.89 bits per heavy atom. The van der Waals surface area contributed by atoms with Crippen molar-refractivity contribution in [3.8, 4) is 0 Å². The van der Waals surface area contributed by atoms with E-state index in [2.05, 4.69) is 21.0 Å². The minimum atomic E-state index is -4.50. The molecule has 27 heavy (non-hydrogen) atoms. The number of nitrogens with one attached hydrogen (secondary N) is 2. The van der Waals surface area contributed by atoms with Gasteiger partial charge in [0.15, 0.2) is 0 Å². The van der Waals surface area contributed by atoms with Gasteiger partial charge in [0, 0.05) is 11.0 Å². The third kappa shape index (κ3) is 6.81. The molecule has 6 nitrogen and oxygen atoms in total. The summed E-state index contributed by atoms with van der Waals surface area (Å²) in [4.78, 5) is 16.9. The second-order valence-corrected chi connectivity index (χ2v) is 5.27. The first-order valence-electron chi connectivity index (χ1n) is 7.88. The van der Waals surface area contributed by atoms with E-state index in [9.17, 15) is 18.0 Å². The van der Waals surface area contributed by atoms with Crippen molar-refractivity contribution in [2.45, 2.75) is 19.6 Å². The number of allylic oxidation sites excluding steroid dienone is 1. The molecule has 0 bridgehead atoms. The van der Waals surface area contributed by atoms with Gasteiger partial charge in [0.2, 0.25) is 5.88 Å². The lowest BCUT2D eigenvalue weighted by Gasteiger charge is -2.11. The first-order valence-corrected chi connectivity index (χ1v) is 7.88. The Balaban J connectivity index is 1.86. The van der Waals surface area contributed by atoms with Crippen LogP contribution in [0.4, 0.5) is 23.7 Å². The summed E-state index contributed by atoms with van der Waals surface area (Å²) in [6.07, 6.45) is -3.07. The van der Waals surface area contributed by atoms with Crippen LogP contribution in [-0.4, -0.2) is 6.03 Å². The van der Waals surface area contributed by atoms with Crippen molar-refractivity contribution in [3.05, 3.63) is 77.7 Å². The van der Waals surface area contributed by atoms with Crippen molar-refractivity contribution in [1.82, 2.24) is 5.32 Å². The molecule has 0 spiro atoms. The fourth-order valence-electron chi connectivity index (χ4n) is 1.96. The minimum Gasteiger partial charge on any atom is -0.321 e. The highest BCUT2D eigenvalue weighted by atomic mass is 19.4. The second kappa shape index (κ2) is 9.37. The standard InChI is InChI=1S/C18H17F3N4O2/c1-2-16(27-25-22-12-13-7-4-3-5-8-13)24-17(26)23-15-10-6-9-14(11-15)18(19,20)21/h2-11H,12H2,1H3,(H2,23,24,26)/b16-2-,25-22?. The van der Waals surface area contributed by atoms with E-state index in [1.165, 1.54) is 18.2 Å². The number of carbonyl (C=O) groups is 1. The number of nitrogens with zero attached hydrogens (tertiary/aromatic N) is 2. The number of amides is 2. The number of rotatable bonds is 6. The Morgan fingerprint density at radius 3 is 2.56 bits per heavy atom. The number of urea groups is 1. The summed E-state index contributed by atoms with van der Waals surface area (Å²) in [6.45, 7) is 1.89. The zero-order valence-electron chi connectivity index (χ0n) is 14.3. The molecule has 0 aliphatic carbocycles. The molecule has 0 saturated carbocycles. The largest absolute Gasteiger partial charge is 0.416 e. The molecule has 0 heterocycles. The SMILES string of the molecule is C/C=C(/NC(=O)Nc1cccc(C(F)(F)F)c1)ON=NCc1ccccc1. The molecule has 0 aliphatic rings. The van der Waals surface area contributed by atoms with Gasteiger partial charge in [0.25, 0.3) is 0 Å². The third-order valence-electron chi connectivity index (χ3n) is 3.24. The summed E-state index contributed by atoms with van der Waals surface area (Å²) in [5, 5.41) is 12.0. The molecule has 142 valence electrons. The highest BCUT2D eigenvalue weighted by molar-refractivity contribution is 5.90. The van der Waals surface area contributed by atoms with Gasteiger partial charge in [0.05, 0.1) is 12.1 Å². The summed E-state index contributed by atoms with van der Waals surface area (Å²) in [5.74, 6) is -0.0173. The number of hydrogen-bond donors (Lipinski definition) is 2. The van der Waals surface area contributed by atoms with E-state index >= 15 is 0 Å². The van der Waals surface area contributed by atoms with Crippen LogP contribution in [0, 0.1) is 0 Å². The maximum Gasteiger partial charge on any atom is 0.416 e. The molecule has 0 atom stereocenters. The van der Waals surface area contributed by atoms with Gasteiger partial charge in [-0.3, -0.25) is 5.32 Å². The molecule has 0 fully saturated rings. The molecular weight excluding hydrogens is 361 g/mol. The number of alkyl halides is 3. The molecule has 0 aromatic heterocycles.